The van der Waals surface area contributed by atoms with Crippen LogP contribution in [-0.4, -0.2) is 30.9 Å². The van der Waals surface area contributed by atoms with Crippen LogP contribution in [0.2, 0.25) is 0 Å². The van der Waals surface area contributed by atoms with Gasteiger partial charge in [-0.3, -0.25) is 9.59 Å². The van der Waals surface area contributed by atoms with Crippen molar-refractivity contribution in [2.24, 2.45) is 17.6 Å². The van der Waals surface area contributed by atoms with Gasteiger partial charge < -0.3 is 16.4 Å². The highest BCUT2D eigenvalue weighted by Crippen LogP contribution is 2.25. The molecule has 1 atom stereocenters. The van der Waals surface area contributed by atoms with Gasteiger partial charge in [0, 0.05) is 19.0 Å². The molecule has 19 heavy (non-hydrogen) atoms. The summed E-state index contributed by atoms with van der Waals surface area (Å²) in [5, 5.41) is 5.70. The first-order valence-electron chi connectivity index (χ1n) is 7.31. The number of amides is 2. The van der Waals surface area contributed by atoms with Crippen molar-refractivity contribution >= 4 is 11.8 Å². The molecule has 5 nitrogen and oxygen atoms in total. The summed E-state index contributed by atoms with van der Waals surface area (Å²) >= 11 is 0. The van der Waals surface area contributed by atoms with Crippen LogP contribution in [0.5, 0.6) is 0 Å². The molecule has 0 unspecified atom stereocenters. The molecule has 0 radical (unpaired) electrons. The summed E-state index contributed by atoms with van der Waals surface area (Å²) in [6.45, 7) is 5.27. The van der Waals surface area contributed by atoms with Crippen molar-refractivity contribution < 1.29 is 9.59 Å². The third-order valence-electron chi connectivity index (χ3n) is 3.49. The zero-order valence-corrected chi connectivity index (χ0v) is 12.1. The van der Waals surface area contributed by atoms with Crippen molar-refractivity contribution in [2.75, 3.05) is 13.1 Å². The molecule has 4 N–H and O–H groups in total. The van der Waals surface area contributed by atoms with E-state index in [0.717, 1.165) is 19.3 Å². The minimum absolute atomic E-state index is 0.0981. The molecule has 1 saturated carbocycles. The molecular formula is C14H27N3O2. The highest BCUT2D eigenvalue weighted by Gasteiger charge is 2.24. The molecule has 2 amide bonds. The first-order chi connectivity index (χ1) is 9.00. The Morgan fingerprint density at radius 1 is 1.21 bits per heavy atom. The van der Waals surface area contributed by atoms with Crippen LogP contribution in [0.1, 0.15) is 46.0 Å². The van der Waals surface area contributed by atoms with E-state index in [2.05, 4.69) is 10.6 Å². The Hall–Kier alpha value is -1.10. The summed E-state index contributed by atoms with van der Waals surface area (Å²) in [6.07, 6.45) is 4.66. The van der Waals surface area contributed by atoms with E-state index >= 15 is 0 Å². The van der Waals surface area contributed by atoms with Gasteiger partial charge in [0.1, 0.15) is 0 Å². The normalized spacial score (nSPS) is 16.8. The van der Waals surface area contributed by atoms with E-state index in [1.807, 2.05) is 13.8 Å². The van der Waals surface area contributed by atoms with E-state index in [1.165, 1.54) is 6.42 Å². The van der Waals surface area contributed by atoms with Gasteiger partial charge >= 0.3 is 0 Å². The summed E-state index contributed by atoms with van der Waals surface area (Å²) < 4.78 is 0. The van der Waals surface area contributed by atoms with E-state index in [-0.39, 0.29) is 17.7 Å². The maximum absolute atomic E-state index is 11.6. The SMILES string of the molecule is CC(C)C[C@H](N)C(=O)NCCCNC(=O)C1CCC1. The molecule has 1 aliphatic carbocycles. The molecule has 1 rings (SSSR count). The van der Waals surface area contributed by atoms with Crippen molar-refractivity contribution in [2.45, 2.75) is 52.0 Å². The third-order valence-corrected chi connectivity index (χ3v) is 3.49. The molecule has 0 saturated heterocycles. The fourth-order valence-corrected chi connectivity index (χ4v) is 2.07. The molecule has 5 heteroatoms. The fourth-order valence-electron chi connectivity index (χ4n) is 2.07. The first-order valence-corrected chi connectivity index (χ1v) is 7.31. The van der Waals surface area contributed by atoms with E-state index in [0.29, 0.717) is 25.4 Å². The minimum atomic E-state index is -0.426. The summed E-state index contributed by atoms with van der Waals surface area (Å²) in [4.78, 5) is 23.1. The number of hydrogen-bond acceptors (Lipinski definition) is 3. The van der Waals surface area contributed by atoms with E-state index in [1.54, 1.807) is 0 Å². The topological polar surface area (TPSA) is 84.2 Å². The maximum Gasteiger partial charge on any atom is 0.236 e. The molecule has 110 valence electrons. The standard InChI is InChI=1S/C14H27N3O2/c1-10(2)9-12(15)14(19)17-8-4-7-16-13(18)11-5-3-6-11/h10-12H,3-9,15H2,1-2H3,(H,16,18)(H,17,19)/t12-/m0/s1. The van der Waals surface area contributed by atoms with Crippen molar-refractivity contribution in [3.05, 3.63) is 0 Å². The van der Waals surface area contributed by atoms with Crippen LogP contribution in [0.4, 0.5) is 0 Å². The Morgan fingerprint density at radius 2 is 1.84 bits per heavy atom. The van der Waals surface area contributed by atoms with Crippen molar-refractivity contribution in [1.29, 1.82) is 0 Å². The van der Waals surface area contributed by atoms with Gasteiger partial charge in [-0.25, -0.2) is 0 Å². The van der Waals surface area contributed by atoms with Crippen LogP contribution in [0, 0.1) is 11.8 Å². The largest absolute Gasteiger partial charge is 0.356 e. The maximum atomic E-state index is 11.6. The van der Waals surface area contributed by atoms with Crippen LogP contribution in [0.3, 0.4) is 0 Å². The predicted octanol–water partition coefficient (Wildman–Crippen LogP) is 0.782. The zero-order valence-electron chi connectivity index (χ0n) is 12.1. The second-order valence-electron chi connectivity index (χ2n) is 5.80. The molecular weight excluding hydrogens is 242 g/mol. The number of nitrogens with two attached hydrogens (primary N) is 1. The number of carbonyl (C=O) groups is 2. The lowest BCUT2D eigenvalue weighted by atomic mass is 9.85. The Kier molecular flexibility index (Phi) is 6.84. The highest BCUT2D eigenvalue weighted by molar-refractivity contribution is 5.81. The van der Waals surface area contributed by atoms with Crippen molar-refractivity contribution in [3.8, 4) is 0 Å². The van der Waals surface area contributed by atoms with E-state index in [9.17, 15) is 9.59 Å². The van der Waals surface area contributed by atoms with E-state index < -0.39 is 6.04 Å². The van der Waals surface area contributed by atoms with Crippen LogP contribution in [0.15, 0.2) is 0 Å². The van der Waals surface area contributed by atoms with Gasteiger partial charge in [-0.15, -0.1) is 0 Å². The lowest BCUT2D eigenvalue weighted by Crippen LogP contribution is -2.42. The van der Waals surface area contributed by atoms with Gasteiger partial charge in [0.05, 0.1) is 6.04 Å². The Labute approximate surface area is 115 Å². The lowest BCUT2D eigenvalue weighted by molar-refractivity contribution is -0.127. The lowest BCUT2D eigenvalue weighted by Gasteiger charge is -2.24. The van der Waals surface area contributed by atoms with Gasteiger partial charge in [0.15, 0.2) is 0 Å². The predicted molar refractivity (Wildman–Crippen MR) is 75.4 cm³/mol. The Balaban J connectivity index is 2.00. The van der Waals surface area contributed by atoms with Crippen LogP contribution < -0.4 is 16.4 Å². The zero-order chi connectivity index (χ0) is 14.3. The van der Waals surface area contributed by atoms with Gasteiger partial charge in [-0.2, -0.15) is 0 Å². The van der Waals surface area contributed by atoms with Crippen LogP contribution in [-0.2, 0) is 9.59 Å². The summed E-state index contributed by atoms with van der Waals surface area (Å²) in [7, 11) is 0. The summed E-state index contributed by atoms with van der Waals surface area (Å²) in [6, 6.07) is -0.426. The van der Waals surface area contributed by atoms with Gasteiger partial charge in [-0.05, 0) is 31.6 Å². The van der Waals surface area contributed by atoms with Crippen molar-refractivity contribution in [1.82, 2.24) is 10.6 Å². The Bertz CT molecular complexity index is 301. The molecule has 0 spiro atoms. The van der Waals surface area contributed by atoms with Crippen LogP contribution in [0.25, 0.3) is 0 Å². The van der Waals surface area contributed by atoms with E-state index in [4.69, 9.17) is 5.73 Å². The quantitative estimate of drug-likeness (QED) is 0.569. The number of nitrogens with one attached hydrogen (secondary N) is 2. The average Bonchev–Trinajstić information content (AvgIpc) is 2.24. The molecule has 1 fully saturated rings. The number of carbonyl (C=O) groups excluding carboxylic acids is 2. The van der Waals surface area contributed by atoms with Gasteiger partial charge in [0.2, 0.25) is 11.8 Å². The smallest absolute Gasteiger partial charge is 0.236 e. The Morgan fingerprint density at radius 3 is 2.37 bits per heavy atom. The minimum Gasteiger partial charge on any atom is -0.356 e. The molecule has 1 aliphatic rings. The molecule has 0 aromatic rings. The molecule has 0 aromatic heterocycles. The number of hydrogen-bond donors (Lipinski definition) is 3. The molecule has 0 aliphatic heterocycles. The second kappa shape index (κ2) is 8.15. The van der Waals surface area contributed by atoms with Crippen molar-refractivity contribution in [3.63, 3.8) is 0 Å². The monoisotopic (exact) mass is 269 g/mol. The van der Waals surface area contributed by atoms with Gasteiger partial charge in [-0.1, -0.05) is 20.3 Å². The highest BCUT2D eigenvalue weighted by atomic mass is 16.2. The molecule has 0 heterocycles. The first kappa shape index (κ1) is 16.0. The molecule has 0 bridgehead atoms. The number of rotatable bonds is 8. The summed E-state index contributed by atoms with van der Waals surface area (Å²) in [5.41, 5.74) is 5.76. The summed E-state index contributed by atoms with van der Waals surface area (Å²) in [5.74, 6) is 0.713. The second-order valence-corrected chi connectivity index (χ2v) is 5.80. The third kappa shape index (κ3) is 6.05. The fraction of sp³-hybridized carbons (Fsp3) is 0.857. The average molecular weight is 269 g/mol. The van der Waals surface area contributed by atoms with Gasteiger partial charge in [0.25, 0.3) is 0 Å². The molecule has 0 aromatic carbocycles. The van der Waals surface area contributed by atoms with Crippen LogP contribution >= 0.6 is 0 Å².